The van der Waals surface area contributed by atoms with Gasteiger partial charge in [-0.25, -0.2) is 4.39 Å². The standard InChI is InChI=1S/C15H12Cl2FNOS/c1-21-10-4-2-9(3-5-10)8-19-15(20)11-6-14(18)13(17)7-12(11)16/h2-7H,8H2,1H3,(H,19,20). The zero-order valence-electron chi connectivity index (χ0n) is 11.1. The largest absolute Gasteiger partial charge is 0.348 e. The maximum Gasteiger partial charge on any atom is 0.253 e. The van der Waals surface area contributed by atoms with Gasteiger partial charge in [0.15, 0.2) is 0 Å². The van der Waals surface area contributed by atoms with Crippen molar-refractivity contribution in [3.8, 4) is 0 Å². The summed E-state index contributed by atoms with van der Waals surface area (Å²) < 4.78 is 13.4. The van der Waals surface area contributed by atoms with Gasteiger partial charge in [-0.15, -0.1) is 11.8 Å². The van der Waals surface area contributed by atoms with Gasteiger partial charge in [0.25, 0.3) is 5.91 Å². The first kappa shape index (κ1) is 16.1. The summed E-state index contributed by atoms with van der Waals surface area (Å²) in [5, 5.41) is 2.71. The van der Waals surface area contributed by atoms with E-state index in [2.05, 4.69) is 5.32 Å². The van der Waals surface area contributed by atoms with Crippen LogP contribution in [0.5, 0.6) is 0 Å². The van der Waals surface area contributed by atoms with Crippen molar-refractivity contribution in [1.82, 2.24) is 5.32 Å². The highest BCUT2D eigenvalue weighted by Gasteiger charge is 2.13. The van der Waals surface area contributed by atoms with Crippen molar-refractivity contribution in [3.05, 3.63) is 63.4 Å². The van der Waals surface area contributed by atoms with E-state index in [0.29, 0.717) is 6.54 Å². The lowest BCUT2D eigenvalue weighted by molar-refractivity contribution is 0.0950. The van der Waals surface area contributed by atoms with E-state index < -0.39 is 11.7 Å². The maximum atomic E-state index is 13.4. The van der Waals surface area contributed by atoms with Crippen molar-refractivity contribution < 1.29 is 9.18 Å². The minimum absolute atomic E-state index is 0.0688. The number of hydrogen-bond donors (Lipinski definition) is 1. The molecular weight excluding hydrogens is 332 g/mol. The molecule has 2 rings (SSSR count). The monoisotopic (exact) mass is 343 g/mol. The van der Waals surface area contributed by atoms with Crippen molar-refractivity contribution >= 4 is 40.9 Å². The smallest absolute Gasteiger partial charge is 0.253 e. The summed E-state index contributed by atoms with van der Waals surface area (Å²) in [7, 11) is 0. The molecule has 0 saturated heterocycles. The zero-order chi connectivity index (χ0) is 15.4. The van der Waals surface area contributed by atoms with E-state index in [1.807, 2.05) is 30.5 Å². The Labute approximate surface area is 136 Å². The minimum atomic E-state index is -0.671. The highest BCUT2D eigenvalue weighted by Crippen LogP contribution is 2.24. The Balaban J connectivity index is 2.06. The van der Waals surface area contributed by atoms with Crippen molar-refractivity contribution in [2.45, 2.75) is 11.4 Å². The molecule has 0 radical (unpaired) electrons. The van der Waals surface area contributed by atoms with Gasteiger partial charge < -0.3 is 5.32 Å². The molecule has 6 heteroatoms. The molecule has 110 valence electrons. The van der Waals surface area contributed by atoms with Crippen molar-refractivity contribution in [1.29, 1.82) is 0 Å². The Hall–Kier alpha value is -1.23. The second-order valence-corrected chi connectivity index (χ2v) is 5.97. The van der Waals surface area contributed by atoms with Crippen LogP contribution in [-0.4, -0.2) is 12.2 Å². The molecule has 0 fully saturated rings. The molecule has 0 bridgehead atoms. The zero-order valence-corrected chi connectivity index (χ0v) is 13.4. The van der Waals surface area contributed by atoms with Gasteiger partial charge in [-0.2, -0.15) is 0 Å². The number of carbonyl (C=O) groups excluding carboxylic acids is 1. The van der Waals surface area contributed by atoms with Gasteiger partial charge in [0, 0.05) is 11.4 Å². The van der Waals surface area contributed by atoms with E-state index in [-0.39, 0.29) is 15.6 Å². The highest BCUT2D eigenvalue weighted by atomic mass is 35.5. The first-order valence-corrected chi connectivity index (χ1v) is 8.05. The molecule has 0 aromatic heterocycles. The highest BCUT2D eigenvalue weighted by molar-refractivity contribution is 7.98. The van der Waals surface area contributed by atoms with E-state index in [0.717, 1.165) is 16.5 Å². The number of nitrogens with one attached hydrogen (secondary N) is 1. The molecule has 0 unspecified atom stereocenters. The predicted molar refractivity (Wildman–Crippen MR) is 85.8 cm³/mol. The molecule has 2 nitrogen and oxygen atoms in total. The van der Waals surface area contributed by atoms with Gasteiger partial charge in [0.1, 0.15) is 5.82 Å². The normalized spacial score (nSPS) is 10.5. The molecule has 0 atom stereocenters. The van der Waals surface area contributed by atoms with E-state index in [1.165, 1.54) is 6.07 Å². The summed E-state index contributed by atoms with van der Waals surface area (Å²) in [5.41, 5.74) is 1.02. The molecule has 21 heavy (non-hydrogen) atoms. The van der Waals surface area contributed by atoms with Gasteiger partial charge in [-0.1, -0.05) is 35.3 Å². The summed E-state index contributed by atoms with van der Waals surface area (Å²) in [6.07, 6.45) is 1.99. The fourth-order valence-electron chi connectivity index (χ4n) is 1.72. The van der Waals surface area contributed by atoms with Gasteiger partial charge in [-0.3, -0.25) is 4.79 Å². The molecule has 0 spiro atoms. The molecule has 0 aliphatic carbocycles. The third-order valence-electron chi connectivity index (χ3n) is 2.87. The van der Waals surface area contributed by atoms with Gasteiger partial charge >= 0.3 is 0 Å². The summed E-state index contributed by atoms with van der Waals surface area (Å²) in [6, 6.07) is 10.1. The molecule has 1 amide bonds. The number of thioether (sulfide) groups is 1. The average Bonchev–Trinajstić information content (AvgIpc) is 2.49. The van der Waals surface area contributed by atoms with E-state index >= 15 is 0 Å². The second-order valence-electron chi connectivity index (χ2n) is 4.28. The number of hydrogen-bond acceptors (Lipinski definition) is 2. The Morgan fingerprint density at radius 3 is 2.48 bits per heavy atom. The van der Waals surface area contributed by atoms with Crippen LogP contribution in [0.1, 0.15) is 15.9 Å². The molecule has 0 heterocycles. The number of carbonyl (C=O) groups is 1. The minimum Gasteiger partial charge on any atom is -0.348 e. The maximum absolute atomic E-state index is 13.4. The molecule has 2 aromatic rings. The molecule has 0 saturated carbocycles. The Morgan fingerprint density at radius 2 is 1.86 bits per heavy atom. The first-order chi connectivity index (χ1) is 10.0. The molecular formula is C15H12Cl2FNOS. The van der Waals surface area contributed by atoms with Gasteiger partial charge in [-0.05, 0) is 36.1 Å². The summed E-state index contributed by atoms with van der Waals surface area (Å²) in [4.78, 5) is 13.2. The molecule has 0 aliphatic rings. The Kier molecular flexibility index (Phi) is 5.51. The lowest BCUT2D eigenvalue weighted by Gasteiger charge is -2.08. The van der Waals surface area contributed by atoms with E-state index in [9.17, 15) is 9.18 Å². The first-order valence-electron chi connectivity index (χ1n) is 6.07. The molecule has 2 aromatic carbocycles. The molecule has 1 N–H and O–H groups in total. The summed E-state index contributed by atoms with van der Waals surface area (Å²) in [5.74, 6) is -1.11. The van der Waals surface area contributed by atoms with Crippen LogP contribution in [0.4, 0.5) is 4.39 Å². The quantitative estimate of drug-likeness (QED) is 0.639. The number of rotatable bonds is 4. The van der Waals surface area contributed by atoms with Crippen LogP contribution < -0.4 is 5.32 Å². The van der Waals surface area contributed by atoms with Crippen molar-refractivity contribution in [3.63, 3.8) is 0 Å². The van der Waals surface area contributed by atoms with Crippen molar-refractivity contribution in [2.24, 2.45) is 0 Å². The third kappa shape index (κ3) is 4.13. The topological polar surface area (TPSA) is 29.1 Å². The predicted octanol–water partition coefficient (Wildman–Crippen LogP) is 4.78. The number of halogens is 3. The van der Waals surface area contributed by atoms with Crippen LogP contribution in [0, 0.1) is 5.82 Å². The fraction of sp³-hybridized carbons (Fsp3) is 0.133. The van der Waals surface area contributed by atoms with Crippen LogP contribution in [0.3, 0.4) is 0 Å². The fourth-order valence-corrected chi connectivity index (χ4v) is 2.59. The molecule has 0 aliphatic heterocycles. The van der Waals surface area contributed by atoms with Crippen LogP contribution in [0.15, 0.2) is 41.3 Å². The number of benzene rings is 2. The van der Waals surface area contributed by atoms with Crippen LogP contribution in [-0.2, 0) is 6.54 Å². The van der Waals surface area contributed by atoms with Gasteiger partial charge in [0.05, 0.1) is 15.6 Å². The van der Waals surface area contributed by atoms with Gasteiger partial charge in [0.2, 0.25) is 0 Å². The Morgan fingerprint density at radius 1 is 1.19 bits per heavy atom. The van der Waals surface area contributed by atoms with Crippen LogP contribution >= 0.6 is 35.0 Å². The summed E-state index contributed by atoms with van der Waals surface area (Å²) in [6.45, 7) is 0.341. The third-order valence-corrected chi connectivity index (χ3v) is 4.21. The van der Waals surface area contributed by atoms with Crippen molar-refractivity contribution in [2.75, 3.05) is 6.26 Å². The lowest BCUT2D eigenvalue weighted by Crippen LogP contribution is -2.23. The number of amides is 1. The second kappa shape index (κ2) is 7.16. The summed E-state index contributed by atoms with van der Waals surface area (Å²) >= 11 is 13.1. The Bertz CT molecular complexity index is 661. The SMILES string of the molecule is CSc1ccc(CNC(=O)c2cc(F)c(Cl)cc2Cl)cc1. The van der Waals surface area contributed by atoms with E-state index in [4.69, 9.17) is 23.2 Å². The lowest BCUT2D eigenvalue weighted by atomic mass is 10.2. The van der Waals surface area contributed by atoms with Crippen LogP contribution in [0.25, 0.3) is 0 Å². The van der Waals surface area contributed by atoms with Crippen LogP contribution in [0.2, 0.25) is 10.0 Å². The van der Waals surface area contributed by atoms with E-state index in [1.54, 1.807) is 11.8 Å². The average molecular weight is 344 g/mol.